The van der Waals surface area contributed by atoms with Crippen molar-refractivity contribution in [3.8, 4) is 0 Å². The molecule has 2 N–H and O–H groups in total. The zero-order valence-electron chi connectivity index (χ0n) is 13.1. The quantitative estimate of drug-likeness (QED) is 0.877. The molecule has 21 heavy (non-hydrogen) atoms. The minimum Gasteiger partial charge on any atom is -0.352 e. The van der Waals surface area contributed by atoms with Crippen molar-refractivity contribution < 1.29 is 4.79 Å². The average molecular weight is 286 g/mol. The van der Waals surface area contributed by atoms with Crippen molar-refractivity contribution in [3.63, 3.8) is 0 Å². The first-order valence-corrected chi connectivity index (χ1v) is 8.24. The number of hydrogen-bond donors (Lipinski definition) is 2. The summed E-state index contributed by atoms with van der Waals surface area (Å²) in [4.78, 5) is 12.5. The Balaban J connectivity index is 1.57. The summed E-state index contributed by atoms with van der Waals surface area (Å²) in [6.07, 6.45) is 4.28. The number of benzene rings is 1. The van der Waals surface area contributed by atoms with Gasteiger partial charge in [0.25, 0.3) is 0 Å². The molecule has 1 aromatic rings. The van der Waals surface area contributed by atoms with E-state index in [9.17, 15) is 4.79 Å². The van der Waals surface area contributed by atoms with Crippen molar-refractivity contribution >= 4 is 5.91 Å². The smallest absolute Gasteiger partial charge is 0.237 e. The van der Waals surface area contributed by atoms with Gasteiger partial charge in [-0.1, -0.05) is 38.1 Å². The molecule has 3 rings (SSSR count). The molecule has 3 unspecified atom stereocenters. The predicted molar refractivity (Wildman–Crippen MR) is 84.9 cm³/mol. The monoisotopic (exact) mass is 286 g/mol. The van der Waals surface area contributed by atoms with Crippen LogP contribution in [0.1, 0.15) is 44.2 Å². The van der Waals surface area contributed by atoms with Gasteiger partial charge < -0.3 is 10.6 Å². The summed E-state index contributed by atoms with van der Waals surface area (Å²) in [6, 6.07) is 8.69. The molecule has 1 fully saturated rings. The van der Waals surface area contributed by atoms with Crippen LogP contribution < -0.4 is 10.6 Å². The highest BCUT2D eigenvalue weighted by molar-refractivity contribution is 5.82. The Labute approximate surface area is 127 Å². The van der Waals surface area contributed by atoms with Gasteiger partial charge in [0.1, 0.15) is 0 Å². The van der Waals surface area contributed by atoms with Crippen LogP contribution >= 0.6 is 0 Å². The van der Waals surface area contributed by atoms with E-state index in [0.29, 0.717) is 12.0 Å². The first kappa shape index (κ1) is 14.6. The van der Waals surface area contributed by atoms with Crippen molar-refractivity contribution in [1.82, 2.24) is 10.6 Å². The lowest BCUT2D eigenvalue weighted by Crippen LogP contribution is -2.51. The van der Waals surface area contributed by atoms with Crippen LogP contribution in [0.5, 0.6) is 0 Å². The number of hydrogen-bond acceptors (Lipinski definition) is 2. The van der Waals surface area contributed by atoms with Crippen LogP contribution in [0, 0.1) is 11.8 Å². The number of nitrogens with one attached hydrogen (secondary N) is 2. The average Bonchev–Trinajstić information content (AvgIpc) is 2.50. The molecule has 1 heterocycles. The number of carbonyl (C=O) groups excluding carboxylic acids is 1. The van der Waals surface area contributed by atoms with E-state index in [1.165, 1.54) is 17.5 Å². The second-order valence-corrected chi connectivity index (χ2v) is 6.88. The molecule has 0 aromatic heterocycles. The van der Waals surface area contributed by atoms with Crippen molar-refractivity contribution in [1.29, 1.82) is 0 Å². The summed E-state index contributed by atoms with van der Waals surface area (Å²) in [6.45, 7) is 5.42. The summed E-state index contributed by atoms with van der Waals surface area (Å²) >= 11 is 0. The molecule has 0 radical (unpaired) electrons. The standard InChI is InChI=1S/C18H26N2O/c1-12-7-8-16(9-13(12)2)20-18(21)17-10-14-5-3-4-6-15(14)11-19-17/h3-6,12-13,16-17,19H,7-11H2,1-2H3,(H,20,21)/t12?,13?,16?,17-/m1/s1. The molecule has 1 amide bonds. The highest BCUT2D eigenvalue weighted by Crippen LogP contribution is 2.29. The van der Waals surface area contributed by atoms with Crippen molar-refractivity contribution in [3.05, 3.63) is 35.4 Å². The molecule has 4 atom stereocenters. The minimum absolute atomic E-state index is 0.0745. The molecule has 1 aliphatic carbocycles. The van der Waals surface area contributed by atoms with E-state index in [1.807, 2.05) is 0 Å². The van der Waals surface area contributed by atoms with E-state index < -0.39 is 0 Å². The summed E-state index contributed by atoms with van der Waals surface area (Å²) in [7, 11) is 0. The van der Waals surface area contributed by atoms with Crippen LogP contribution in [0.15, 0.2) is 24.3 Å². The molecule has 1 saturated carbocycles. The summed E-state index contributed by atoms with van der Waals surface area (Å²) in [5.41, 5.74) is 2.63. The molecule has 1 aliphatic heterocycles. The van der Waals surface area contributed by atoms with Crippen LogP contribution in [0.2, 0.25) is 0 Å². The Hall–Kier alpha value is -1.35. The molecule has 3 heteroatoms. The Bertz CT molecular complexity index is 514. The van der Waals surface area contributed by atoms with E-state index >= 15 is 0 Å². The molecule has 114 valence electrons. The summed E-state index contributed by atoms with van der Waals surface area (Å²) in [5.74, 6) is 1.68. The topological polar surface area (TPSA) is 41.1 Å². The Kier molecular flexibility index (Phi) is 4.29. The molecular formula is C18H26N2O. The Morgan fingerprint density at radius 1 is 1.14 bits per heavy atom. The van der Waals surface area contributed by atoms with E-state index in [2.05, 4.69) is 48.7 Å². The molecule has 0 saturated heterocycles. The largest absolute Gasteiger partial charge is 0.352 e. The molecular weight excluding hydrogens is 260 g/mol. The van der Waals surface area contributed by atoms with Crippen LogP contribution in [-0.2, 0) is 17.8 Å². The maximum Gasteiger partial charge on any atom is 0.237 e. The second-order valence-electron chi connectivity index (χ2n) is 6.88. The van der Waals surface area contributed by atoms with Gasteiger partial charge in [-0.25, -0.2) is 0 Å². The van der Waals surface area contributed by atoms with E-state index in [1.54, 1.807) is 0 Å². The summed E-state index contributed by atoms with van der Waals surface area (Å²) in [5, 5.41) is 6.64. The lowest BCUT2D eigenvalue weighted by Gasteiger charge is -2.34. The van der Waals surface area contributed by atoms with Crippen molar-refractivity contribution in [2.45, 2.75) is 58.2 Å². The Morgan fingerprint density at radius 3 is 2.67 bits per heavy atom. The lowest BCUT2D eigenvalue weighted by molar-refractivity contribution is -0.124. The fraction of sp³-hybridized carbons (Fsp3) is 0.611. The van der Waals surface area contributed by atoms with Gasteiger partial charge in [-0.3, -0.25) is 4.79 Å². The summed E-state index contributed by atoms with van der Waals surface area (Å²) < 4.78 is 0. The first-order chi connectivity index (χ1) is 10.1. The second kappa shape index (κ2) is 6.18. The molecule has 3 nitrogen and oxygen atoms in total. The number of amides is 1. The van der Waals surface area contributed by atoms with Gasteiger partial charge in [0.05, 0.1) is 6.04 Å². The lowest BCUT2D eigenvalue weighted by atomic mass is 9.79. The maximum atomic E-state index is 12.5. The third-order valence-corrected chi connectivity index (χ3v) is 5.34. The molecule has 1 aromatic carbocycles. The van der Waals surface area contributed by atoms with Crippen LogP contribution in [0.3, 0.4) is 0 Å². The number of carbonyl (C=O) groups is 1. The number of fused-ring (bicyclic) bond motifs is 1. The van der Waals surface area contributed by atoms with E-state index in [0.717, 1.165) is 31.7 Å². The third kappa shape index (κ3) is 3.29. The first-order valence-electron chi connectivity index (χ1n) is 8.24. The fourth-order valence-electron chi connectivity index (χ4n) is 3.62. The molecule has 0 spiro atoms. The molecule has 2 aliphatic rings. The van der Waals surface area contributed by atoms with Gasteiger partial charge in [-0.2, -0.15) is 0 Å². The zero-order valence-corrected chi connectivity index (χ0v) is 13.1. The van der Waals surface area contributed by atoms with Crippen molar-refractivity contribution in [2.24, 2.45) is 11.8 Å². The third-order valence-electron chi connectivity index (χ3n) is 5.34. The Morgan fingerprint density at radius 2 is 1.90 bits per heavy atom. The highest BCUT2D eigenvalue weighted by Gasteiger charge is 2.29. The van der Waals surface area contributed by atoms with Gasteiger partial charge in [-0.05, 0) is 48.6 Å². The van der Waals surface area contributed by atoms with Gasteiger partial charge >= 0.3 is 0 Å². The SMILES string of the molecule is CC1CCC(NC(=O)[C@H]2Cc3ccccc3CN2)CC1C. The molecule has 0 bridgehead atoms. The number of rotatable bonds is 2. The zero-order chi connectivity index (χ0) is 14.8. The van der Waals surface area contributed by atoms with Crippen LogP contribution in [-0.4, -0.2) is 18.0 Å². The maximum absolute atomic E-state index is 12.5. The van der Waals surface area contributed by atoms with Gasteiger partial charge in [0.15, 0.2) is 0 Å². The van der Waals surface area contributed by atoms with E-state index in [4.69, 9.17) is 0 Å². The fourth-order valence-corrected chi connectivity index (χ4v) is 3.62. The highest BCUT2D eigenvalue weighted by atomic mass is 16.2. The van der Waals surface area contributed by atoms with Crippen molar-refractivity contribution in [2.75, 3.05) is 0 Å². The van der Waals surface area contributed by atoms with Gasteiger partial charge in [0, 0.05) is 12.6 Å². The van der Waals surface area contributed by atoms with Crippen LogP contribution in [0.4, 0.5) is 0 Å². The minimum atomic E-state index is -0.0745. The predicted octanol–water partition coefficient (Wildman–Crippen LogP) is 2.64. The van der Waals surface area contributed by atoms with Gasteiger partial charge in [-0.15, -0.1) is 0 Å². The normalized spacial score (nSPS) is 32.3. The van der Waals surface area contributed by atoms with Gasteiger partial charge in [0.2, 0.25) is 5.91 Å². The van der Waals surface area contributed by atoms with E-state index in [-0.39, 0.29) is 11.9 Å². The van der Waals surface area contributed by atoms with Crippen LogP contribution in [0.25, 0.3) is 0 Å².